The maximum absolute atomic E-state index is 9.88. The smallest absolute Gasteiger partial charge is 0.161 e. The van der Waals surface area contributed by atoms with E-state index in [2.05, 4.69) is 24.3 Å². The molecule has 0 saturated heterocycles. The van der Waals surface area contributed by atoms with Crippen molar-refractivity contribution in [2.75, 3.05) is 54.6 Å². The minimum Gasteiger partial charge on any atom is -0.493 e. The number of rotatable bonds is 12. The molecule has 132 valence electrons. The van der Waals surface area contributed by atoms with E-state index in [4.69, 9.17) is 14.2 Å². The summed E-state index contributed by atoms with van der Waals surface area (Å²) >= 11 is 0. The van der Waals surface area contributed by atoms with Gasteiger partial charge in [-0.25, -0.2) is 0 Å². The molecule has 1 unspecified atom stereocenters. The predicted octanol–water partition coefficient (Wildman–Crippen LogP) is 1.12. The van der Waals surface area contributed by atoms with E-state index in [0.717, 1.165) is 25.1 Å². The average molecular weight is 326 g/mol. The highest BCUT2D eigenvalue weighted by molar-refractivity contribution is 5.42. The Morgan fingerprint density at radius 2 is 1.91 bits per heavy atom. The summed E-state index contributed by atoms with van der Waals surface area (Å²) in [5.41, 5.74) is 0.980. The van der Waals surface area contributed by atoms with Crippen LogP contribution in [0.3, 0.4) is 0 Å². The van der Waals surface area contributed by atoms with Gasteiger partial charge in [0.05, 0.1) is 33.5 Å². The van der Waals surface area contributed by atoms with Gasteiger partial charge in [-0.05, 0) is 51.3 Å². The van der Waals surface area contributed by atoms with Gasteiger partial charge in [0.25, 0.3) is 0 Å². The standard InChI is InChI=1S/C17H30N2O4/c1-19(2)9-5-8-18-11-15(20)13-23-12-14-6-7-16(21-3)17(10-14)22-4/h6-7,10,15,18,20H,5,8-9,11-13H2,1-4H3. The van der Waals surface area contributed by atoms with E-state index in [9.17, 15) is 5.11 Å². The number of methoxy groups -OCH3 is 2. The van der Waals surface area contributed by atoms with Crippen LogP contribution in [0, 0.1) is 0 Å². The third kappa shape index (κ3) is 8.18. The maximum Gasteiger partial charge on any atom is 0.161 e. The molecule has 0 fully saturated rings. The minimum absolute atomic E-state index is 0.301. The minimum atomic E-state index is -0.505. The highest BCUT2D eigenvalue weighted by Gasteiger charge is 2.07. The number of hydrogen-bond donors (Lipinski definition) is 2. The van der Waals surface area contributed by atoms with E-state index in [1.807, 2.05) is 18.2 Å². The molecule has 0 saturated carbocycles. The molecule has 0 heterocycles. The lowest BCUT2D eigenvalue weighted by Crippen LogP contribution is -2.32. The molecule has 2 N–H and O–H groups in total. The first-order valence-corrected chi connectivity index (χ1v) is 7.89. The molecular formula is C17H30N2O4. The van der Waals surface area contributed by atoms with Crippen molar-refractivity contribution < 1.29 is 19.3 Å². The van der Waals surface area contributed by atoms with Gasteiger partial charge in [-0.15, -0.1) is 0 Å². The van der Waals surface area contributed by atoms with Gasteiger partial charge in [0.1, 0.15) is 0 Å². The zero-order valence-electron chi connectivity index (χ0n) is 14.7. The van der Waals surface area contributed by atoms with Gasteiger partial charge in [-0.3, -0.25) is 0 Å². The molecule has 6 heteroatoms. The molecule has 1 rings (SSSR count). The van der Waals surface area contributed by atoms with Crippen molar-refractivity contribution in [1.82, 2.24) is 10.2 Å². The fourth-order valence-corrected chi connectivity index (χ4v) is 2.13. The molecule has 0 spiro atoms. The van der Waals surface area contributed by atoms with Crippen LogP contribution in [-0.2, 0) is 11.3 Å². The summed E-state index contributed by atoms with van der Waals surface area (Å²) < 4.78 is 16.0. The molecule has 0 aliphatic carbocycles. The first-order valence-electron chi connectivity index (χ1n) is 7.89. The van der Waals surface area contributed by atoms with Crippen molar-refractivity contribution in [3.63, 3.8) is 0 Å². The summed E-state index contributed by atoms with van der Waals surface area (Å²) in [5.74, 6) is 1.37. The second kappa shape index (κ2) is 11.2. The van der Waals surface area contributed by atoms with Gasteiger partial charge >= 0.3 is 0 Å². The Kier molecular flexibility index (Phi) is 9.63. The molecule has 0 amide bonds. The summed E-state index contributed by atoms with van der Waals surface area (Å²) in [7, 11) is 7.32. The molecule has 6 nitrogen and oxygen atoms in total. The van der Waals surface area contributed by atoms with E-state index in [1.54, 1.807) is 14.2 Å². The van der Waals surface area contributed by atoms with Gasteiger partial charge in [0.15, 0.2) is 11.5 Å². The van der Waals surface area contributed by atoms with E-state index in [0.29, 0.717) is 31.3 Å². The van der Waals surface area contributed by atoms with E-state index in [1.165, 1.54) is 0 Å². The number of nitrogens with zero attached hydrogens (tertiary/aromatic N) is 1. The van der Waals surface area contributed by atoms with Crippen LogP contribution >= 0.6 is 0 Å². The van der Waals surface area contributed by atoms with Crippen molar-refractivity contribution in [3.8, 4) is 11.5 Å². The molecule has 0 bridgehead atoms. The lowest BCUT2D eigenvalue weighted by atomic mass is 10.2. The molecule has 23 heavy (non-hydrogen) atoms. The summed E-state index contributed by atoms with van der Waals surface area (Å²) in [6.45, 7) is 3.20. The Morgan fingerprint density at radius 1 is 1.17 bits per heavy atom. The fraction of sp³-hybridized carbons (Fsp3) is 0.647. The molecule has 0 aromatic heterocycles. The SMILES string of the molecule is COc1ccc(COCC(O)CNCCCN(C)C)cc1OC. The monoisotopic (exact) mass is 326 g/mol. The number of hydrogen-bond acceptors (Lipinski definition) is 6. The Hall–Kier alpha value is -1.34. The van der Waals surface area contributed by atoms with Gasteiger partial charge < -0.3 is 29.5 Å². The first kappa shape index (κ1) is 19.7. The molecular weight excluding hydrogens is 296 g/mol. The second-order valence-electron chi connectivity index (χ2n) is 5.72. The van der Waals surface area contributed by atoms with Gasteiger partial charge in [0.2, 0.25) is 0 Å². The quantitative estimate of drug-likeness (QED) is 0.561. The number of benzene rings is 1. The number of aliphatic hydroxyl groups is 1. The van der Waals surface area contributed by atoms with Crippen LogP contribution in [0.2, 0.25) is 0 Å². The molecule has 1 aromatic rings. The van der Waals surface area contributed by atoms with Crippen molar-refractivity contribution >= 4 is 0 Å². The van der Waals surface area contributed by atoms with Crippen LogP contribution in [0.1, 0.15) is 12.0 Å². The molecule has 0 aliphatic heterocycles. The Balaban J connectivity index is 2.20. The van der Waals surface area contributed by atoms with Gasteiger partial charge in [-0.2, -0.15) is 0 Å². The number of ether oxygens (including phenoxy) is 3. The predicted molar refractivity (Wildman–Crippen MR) is 91.2 cm³/mol. The fourth-order valence-electron chi connectivity index (χ4n) is 2.13. The number of aliphatic hydroxyl groups excluding tert-OH is 1. The van der Waals surface area contributed by atoms with Crippen molar-refractivity contribution in [3.05, 3.63) is 23.8 Å². The van der Waals surface area contributed by atoms with Crippen LogP contribution in [0.25, 0.3) is 0 Å². The Bertz CT molecular complexity index is 441. The van der Waals surface area contributed by atoms with Gasteiger partial charge in [-0.1, -0.05) is 6.07 Å². The summed E-state index contributed by atoms with van der Waals surface area (Å²) in [6.07, 6.45) is 0.557. The topological polar surface area (TPSA) is 63.2 Å². The first-order chi connectivity index (χ1) is 11.1. The third-order valence-corrected chi connectivity index (χ3v) is 3.37. The molecule has 1 atom stereocenters. The van der Waals surface area contributed by atoms with E-state index < -0.39 is 6.10 Å². The molecule has 0 aliphatic rings. The van der Waals surface area contributed by atoms with Crippen LogP contribution < -0.4 is 14.8 Å². The van der Waals surface area contributed by atoms with Crippen LogP contribution in [0.4, 0.5) is 0 Å². The second-order valence-corrected chi connectivity index (χ2v) is 5.72. The lowest BCUT2D eigenvalue weighted by Gasteiger charge is -2.14. The number of nitrogens with one attached hydrogen (secondary N) is 1. The highest BCUT2D eigenvalue weighted by Crippen LogP contribution is 2.27. The van der Waals surface area contributed by atoms with Gasteiger partial charge in [0, 0.05) is 6.54 Å². The molecule has 1 aromatic carbocycles. The van der Waals surface area contributed by atoms with Crippen molar-refractivity contribution in [2.24, 2.45) is 0 Å². The van der Waals surface area contributed by atoms with Crippen LogP contribution in [0.15, 0.2) is 18.2 Å². The maximum atomic E-state index is 9.88. The van der Waals surface area contributed by atoms with Crippen molar-refractivity contribution in [1.29, 1.82) is 0 Å². The highest BCUT2D eigenvalue weighted by atomic mass is 16.5. The largest absolute Gasteiger partial charge is 0.493 e. The normalized spacial score (nSPS) is 12.4. The average Bonchev–Trinajstić information content (AvgIpc) is 2.54. The van der Waals surface area contributed by atoms with Crippen LogP contribution in [-0.4, -0.2) is 70.7 Å². The van der Waals surface area contributed by atoms with Crippen molar-refractivity contribution in [2.45, 2.75) is 19.1 Å². The molecule has 0 radical (unpaired) electrons. The summed E-state index contributed by atoms with van der Waals surface area (Å²) in [5, 5.41) is 13.1. The lowest BCUT2D eigenvalue weighted by molar-refractivity contribution is 0.0288. The van der Waals surface area contributed by atoms with E-state index >= 15 is 0 Å². The van der Waals surface area contributed by atoms with Crippen LogP contribution in [0.5, 0.6) is 11.5 Å². The third-order valence-electron chi connectivity index (χ3n) is 3.37. The Morgan fingerprint density at radius 3 is 2.57 bits per heavy atom. The summed E-state index contributed by atoms with van der Waals surface area (Å²) in [6, 6.07) is 5.65. The Labute approximate surface area is 139 Å². The summed E-state index contributed by atoms with van der Waals surface area (Å²) in [4.78, 5) is 2.14. The van der Waals surface area contributed by atoms with E-state index in [-0.39, 0.29) is 0 Å². The zero-order valence-corrected chi connectivity index (χ0v) is 14.7. The zero-order chi connectivity index (χ0) is 17.1.